The van der Waals surface area contributed by atoms with Gasteiger partial charge in [-0.15, -0.1) is 0 Å². The number of piperazine rings is 1. The van der Waals surface area contributed by atoms with Gasteiger partial charge in [-0.3, -0.25) is 4.90 Å². The first-order valence-electron chi connectivity index (χ1n) is 8.53. The molecule has 124 valence electrons. The highest BCUT2D eigenvalue weighted by molar-refractivity contribution is 5.29. The van der Waals surface area contributed by atoms with Gasteiger partial charge in [0.25, 0.3) is 0 Å². The second-order valence-corrected chi connectivity index (χ2v) is 6.50. The molecule has 1 aromatic carbocycles. The van der Waals surface area contributed by atoms with Crippen LogP contribution in [0.25, 0.3) is 0 Å². The third kappa shape index (κ3) is 4.70. The third-order valence-corrected chi connectivity index (χ3v) is 4.37. The fourth-order valence-electron chi connectivity index (χ4n) is 2.94. The van der Waals surface area contributed by atoms with Crippen LogP contribution in [0.3, 0.4) is 0 Å². The molecule has 4 nitrogen and oxygen atoms in total. The highest BCUT2D eigenvalue weighted by atomic mass is 16.5. The monoisotopic (exact) mass is 305 g/mol. The predicted octanol–water partition coefficient (Wildman–Crippen LogP) is 2.36. The molecule has 0 bridgehead atoms. The van der Waals surface area contributed by atoms with Crippen LogP contribution in [0.1, 0.15) is 32.4 Å². The van der Waals surface area contributed by atoms with Gasteiger partial charge in [-0.2, -0.15) is 0 Å². The van der Waals surface area contributed by atoms with Crippen molar-refractivity contribution in [2.24, 2.45) is 11.7 Å². The first-order valence-corrected chi connectivity index (χ1v) is 8.53. The normalized spacial score (nSPS) is 18.6. The van der Waals surface area contributed by atoms with Gasteiger partial charge < -0.3 is 15.4 Å². The van der Waals surface area contributed by atoms with Gasteiger partial charge in [0.1, 0.15) is 5.75 Å². The molecule has 1 heterocycles. The van der Waals surface area contributed by atoms with Crippen LogP contribution in [0, 0.1) is 5.92 Å². The molecule has 0 amide bonds. The van der Waals surface area contributed by atoms with Crippen LogP contribution < -0.4 is 10.5 Å². The molecule has 1 aliphatic heterocycles. The van der Waals surface area contributed by atoms with Gasteiger partial charge in [0, 0.05) is 38.8 Å². The number of rotatable bonds is 7. The van der Waals surface area contributed by atoms with Gasteiger partial charge in [0.15, 0.2) is 0 Å². The number of nitrogens with zero attached hydrogens (tertiary/aromatic N) is 2. The Bertz CT molecular complexity index is 424. The number of hydrogen-bond donors (Lipinski definition) is 1. The number of benzene rings is 1. The van der Waals surface area contributed by atoms with E-state index in [0.29, 0.717) is 18.5 Å². The number of hydrogen-bond acceptors (Lipinski definition) is 4. The highest BCUT2D eigenvalue weighted by Crippen LogP contribution is 2.23. The van der Waals surface area contributed by atoms with E-state index in [0.717, 1.165) is 45.1 Å². The Morgan fingerprint density at radius 1 is 1.09 bits per heavy atom. The lowest BCUT2D eigenvalue weighted by Crippen LogP contribution is -2.48. The van der Waals surface area contributed by atoms with Gasteiger partial charge in [0.2, 0.25) is 0 Å². The Kier molecular flexibility index (Phi) is 6.68. The number of likely N-dealkylation sites (N-methyl/N-ethyl adjacent to an activating group) is 1. The zero-order valence-electron chi connectivity index (χ0n) is 14.3. The van der Waals surface area contributed by atoms with E-state index in [9.17, 15) is 0 Å². The summed E-state index contributed by atoms with van der Waals surface area (Å²) in [6, 6.07) is 8.79. The number of nitrogens with two attached hydrogens (primary N) is 1. The summed E-state index contributed by atoms with van der Waals surface area (Å²) in [6.45, 7) is 13.6. The van der Waals surface area contributed by atoms with Gasteiger partial charge in [-0.05, 0) is 30.2 Å². The van der Waals surface area contributed by atoms with Crippen LogP contribution in [0.2, 0.25) is 0 Å². The highest BCUT2D eigenvalue weighted by Gasteiger charge is 2.23. The second-order valence-electron chi connectivity index (χ2n) is 6.50. The molecule has 0 aliphatic carbocycles. The van der Waals surface area contributed by atoms with Crippen molar-refractivity contribution >= 4 is 0 Å². The minimum Gasteiger partial charge on any atom is -0.493 e. The van der Waals surface area contributed by atoms with E-state index in [4.69, 9.17) is 10.5 Å². The molecule has 0 aromatic heterocycles. The Balaban J connectivity index is 1.96. The van der Waals surface area contributed by atoms with E-state index < -0.39 is 0 Å². The summed E-state index contributed by atoms with van der Waals surface area (Å²) in [5, 5.41) is 0. The smallest absolute Gasteiger partial charge is 0.119 e. The average Bonchev–Trinajstić information content (AvgIpc) is 2.55. The van der Waals surface area contributed by atoms with E-state index in [-0.39, 0.29) is 0 Å². The van der Waals surface area contributed by atoms with Crippen LogP contribution in [0.5, 0.6) is 5.75 Å². The summed E-state index contributed by atoms with van der Waals surface area (Å²) in [4.78, 5) is 5.00. The average molecular weight is 305 g/mol. The molecule has 4 heteroatoms. The van der Waals surface area contributed by atoms with Crippen molar-refractivity contribution < 1.29 is 4.74 Å². The van der Waals surface area contributed by atoms with Crippen molar-refractivity contribution in [2.45, 2.75) is 26.8 Å². The molecule has 2 N–H and O–H groups in total. The van der Waals surface area contributed by atoms with Crippen molar-refractivity contribution in [1.29, 1.82) is 0 Å². The van der Waals surface area contributed by atoms with Crippen molar-refractivity contribution in [2.75, 3.05) is 45.9 Å². The van der Waals surface area contributed by atoms with Crippen molar-refractivity contribution in [3.63, 3.8) is 0 Å². The summed E-state index contributed by atoms with van der Waals surface area (Å²) < 4.78 is 5.76. The zero-order valence-corrected chi connectivity index (χ0v) is 14.3. The van der Waals surface area contributed by atoms with Gasteiger partial charge in [-0.1, -0.05) is 32.9 Å². The maximum Gasteiger partial charge on any atom is 0.119 e. The Labute approximate surface area is 135 Å². The molecular weight excluding hydrogens is 274 g/mol. The van der Waals surface area contributed by atoms with Crippen LogP contribution in [0.15, 0.2) is 24.3 Å². The van der Waals surface area contributed by atoms with Gasteiger partial charge >= 0.3 is 0 Å². The van der Waals surface area contributed by atoms with Crippen molar-refractivity contribution in [3.8, 4) is 5.75 Å². The Morgan fingerprint density at radius 3 is 2.23 bits per heavy atom. The van der Waals surface area contributed by atoms with Crippen LogP contribution in [-0.2, 0) is 0 Å². The minimum atomic E-state index is 0.318. The molecule has 2 rings (SSSR count). The molecule has 22 heavy (non-hydrogen) atoms. The first-order chi connectivity index (χ1) is 10.6. The van der Waals surface area contributed by atoms with E-state index in [1.165, 1.54) is 5.56 Å². The predicted molar refractivity (Wildman–Crippen MR) is 92.3 cm³/mol. The summed E-state index contributed by atoms with van der Waals surface area (Å²) in [7, 11) is 0. The Hall–Kier alpha value is -1.10. The molecule has 1 unspecified atom stereocenters. The SMILES string of the molecule is CCN1CCN(C(CN)c2ccc(OCC(C)C)cc2)CC1. The van der Waals surface area contributed by atoms with E-state index in [2.05, 4.69) is 54.8 Å². The lowest BCUT2D eigenvalue weighted by atomic mass is 10.0. The third-order valence-electron chi connectivity index (χ3n) is 4.37. The van der Waals surface area contributed by atoms with Crippen LogP contribution in [0.4, 0.5) is 0 Å². The lowest BCUT2D eigenvalue weighted by Gasteiger charge is -2.38. The first kappa shape index (κ1) is 17.3. The largest absolute Gasteiger partial charge is 0.493 e. The summed E-state index contributed by atoms with van der Waals surface area (Å²) >= 11 is 0. The van der Waals surface area contributed by atoms with E-state index in [1.54, 1.807) is 0 Å². The molecular formula is C18H31N3O. The fraction of sp³-hybridized carbons (Fsp3) is 0.667. The zero-order chi connectivity index (χ0) is 15.9. The second kappa shape index (κ2) is 8.51. The molecule has 1 saturated heterocycles. The van der Waals surface area contributed by atoms with E-state index in [1.807, 2.05) is 0 Å². The fourth-order valence-corrected chi connectivity index (χ4v) is 2.94. The van der Waals surface area contributed by atoms with Gasteiger partial charge in [-0.25, -0.2) is 0 Å². The molecule has 1 atom stereocenters. The lowest BCUT2D eigenvalue weighted by molar-refractivity contribution is 0.102. The van der Waals surface area contributed by atoms with E-state index >= 15 is 0 Å². The standard InChI is InChI=1S/C18H31N3O/c1-4-20-9-11-21(12-10-20)18(13-19)16-5-7-17(8-6-16)22-14-15(2)3/h5-8,15,18H,4,9-14,19H2,1-3H3. The minimum absolute atomic E-state index is 0.318. The molecule has 1 fully saturated rings. The topological polar surface area (TPSA) is 41.7 Å². The van der Waals surface area contributed by atoms with Crippen molar-refractivity contribution in [1.82, 2.24) is 9.80 Å². The molecule has 0 radical (unpaired) electrons. The maximum atomic E-state index is 6.05. The van der Waals surface area contributed by atoms with Crippen LogP contribution >= 0.6 is 0 Å². The van der Waals surface area contributed by atoms with Gasteiger partial charge in [0.05, 0.1) is 6.61 Å². The maximum absolute atomic E-state index is 6.05. The number of ether oxygens (including phenoxy) is 1. The molecule has 0 spiro atoms. The van der Waals surface area contributed by atoms with Crippen LogP contribution in [-0.4, -0.2) is 55.7 Å². The molecule has 0 saturated carbocycles. The van der Waals surface area contributed by atoms with Crippen molar-refractivity contribution in [3.05, 3.63) is 29.8 Å². The summed E-state index contributed by atoms with van der Waals surface area (Å²) in [6.07, 6.45) is 0. The molecule has 1 aromatic rings. The Morgan fingerprint density at radius 2 is 1.73 bits per heavy atom. The summed E-state index contributed by atoms with van der Waals surface area (Å²) in [5.74, 6) is 1.50. The quantitative estimate of drug-likeness (QED) is 0.840. The molecule has 1 aliphatic rings. The summed E-state index contributed by atoms with van der Waals surface area (Å²) in [5.41, 5.74) is 7.35.